The third kappa shape index (κ3) is 3.93. The Balaban J connectivity index is 0.00000242. The Labute approximate surface area is 139 Å². The van der Waals surface area contributed by atoms with Crippen LogP contribution in [-0.4, -0.2) is 61.0 Å². The number of halogens is 1. The highest BCUT2D eigenvalue weighted by atomic mass is 35.5. The summed E-state index contributed by atoms with van der Waals surface area (Å²) in [7, 11) is -1.52. The van der Waals surface area contributed by atoms with Gasteiger partial charge in [-0.15, -0.1) is 12.4 Å². The van der Waals surface area contributed by atoms with Crippen LogP contribution in [-0.2, 0) is 14.8 Å². The molecule has 1 saturated carbocycles. The van der Waals surface area contributed by atoms with E-state index in [0.717, 1.165) is 25.7 Å². The van der Waals surface area contributed by atoms with Crippen LogP contribution >= 0.6 is 12.4 Å². The number of piperidine rings is 1. The van der Waals surface area contributed by atoms with Crippen molar-refractivity contribution in [2.75, 3.05) is 25.9 Å². The summed E-state index contributed by atoms with van der Waals surface area (Å²) in [5.41, 5.74) is 5.55. The van der Waals surface area contributed by atoms with Gasteiger partial charge in [-0.05, 0) is 32.6 Å². The van der Waals surface area contributed by atoms with Gasteiger partial charge in [-0.3, -0.25) is 4.79 Å². The minimum Gasteiger partial charge on any atom is -0.341 e. The van der Waals surface area contributed by atoms with E-state index in [1.807, 2.05) is 4.90 Å². The first-order chi connectivity index (χ1) is 9.80. The number of hydrogen-bond acceptors (Lipinski definition) is 4. The first kappa shape index (κ1) is 19.7. The summed E-state index contributed by atoms with van der Waals surface area (Å²) < 4.78 is 25.3. The van der Waals surface area contributed by atoms with E-state index in [9.17, 15) is 13.2 Å². The van der Waals surface area contributed by atoms with Crippen LogP contribution in [0.15, 0.2) is 0 Å². The molecule has 1 heterocycles. The molecule has 0 aromatic carbocycles. The number of nitrogens with two attached hydrogens (primary N) is 1. The Hall–Kier alpha value is -0.370. The molecule has 6 nitrogen and oxygen atoms in total. The topological polar surface area (TPSA) is 83.7 Å². The monoisotopic (exact) mass is 353 g/mol. The summed E-state index contributed by atoms with van der Waals surface area (Å²) in [6.07, 6.45) is 4.98. The van der Waals surface area contributed by atoms with Gasteiger partial charge in [0.2, 0.25) is 15.9 Å². The van der Waals surface area contributed by atoms with Crippen molar-refractivity contribution in [2.45, 2.75) is 57.0 Å². The van der Waals surface area contributed by atoms with Crippen molar-refractivity contribution in [3.63, 3.8) is 0 Å². The summed E-state index contributed by atoms with van der Waals surface area (Å²) in [5.74, 6) is 0.175. The quantitative estimate of drug-likeness (QED) is 0.815. The van der Waals surface area contributed by atoms with E-state index in [2.05, 4.69) is 0 Å². The molecule has 0 unspecified atom stereocenters. The summed E-state index contributed by atoms with van der Waals surface area (Å²) in [6.45, 7) is 2.86. The predicted molar refractivity (Wildman–Crippen MR) is 89.5 cm³/mol. The van der Waals surface area contributed by atoms with Crippen molar-refractivity contribution in [1.29, 1.82) is 0 Å². The van der Waals surface area contributed by atoms with E-state index in [1.165, 1.54) is 4.31 Å². The Morgan fingerprint density at radius 2 is 1.77 bits per heavy atom. The molecule has 2 aliphatic rings. The number of carbonyl (C=O) groups is 1. The lowest BCUT2D eigenvalue weighted by atomic mass is 9.95. The zero-order valence-corrected chi connectivity index (χ0v) is 15.1. The average Bonchev–Trinajstić information content (AvgIpc) is 2.94. The number of amides is 1. The number of hydrogen-bond donors (Lipinski definition) is 1. The molecule has 0 aromatic heterocycles. The highest BCUT2D eigenvalue weighted by Crippen LogP contribution is 2.30. The van der Waals surface area contributed by atoms with Crippen molar-refractivity contribution in [3.05, 3.63) is 0 Å². The number of rotatable bonds is 4. The van der Waals surface area contributed by atoms with E-state index in [1.54, 1.807) is 14.0 Å². The zero-order valence-electron chi connectivity index (χ0n) is 13.5. The van der Waals surface area contributed by atoms with E-state index >= 15 is 0 Å². The van der Waals surface area contributed by atoms with E-state index in [0.29, 0.717) is 25.9 Å². The van der Waals surface area contributed by atoms with E-state index in [4.69, 9.17) is 5.73 Å². The Morgan fingerprint density at radius 1 is 1.27 bits per heavy atom. The van der Waals surface area contributed by atoms with Crippen LogP contribution < -0.4 is 5.73 Å². The molecule has 8 heteroatoms. The lowest BCUT2D eigenvalue weighted by molar-refractivity contribution is -0.138. The molecule has 1 aliphatic carbocycles. The normalized spacial score (nSPS) is 22.6. The predicted octanol–water partition coefficient (Wildman–Crippen LogP) is 0.952. The number of sulfonamides is 1. The molecule has 0 aromatic rings. The van der Waals surface area contributed by atoms with Crippen molar-refractivity contribution >= 4 is 28.3 Å². The second-order valence-electron chi connectivity index (χ2n) is 6.30. The van der Waals surface area contributed by atoms with Gasteiger partial charge < -0.3 is 10.6 Å². The van der Waals surface area contributed by atoms with Crippen molar-refractivity contribution in [1.82, 2.24) is 9.21 Å². The van der Waals surface area contributed by atoms with Gasteiger partial charge in [0.15, 0.2) is 0 Å². The maximum atomic E-state index is 12.5. The van der Waals surface area contributed by atoms with Gasteiger partial charge >= 0.3 is 0 Å². The zero-order chi connectivity index (χ0) is 15.7. The van der Waals surface area contributed by atoms with Crippen LogP contribution in [0.1, 0.15) is 45.4 Å². The summed E-state index contributed by atoms with van der Waals surface area (Å²) in [4.78, 5) is 14.3. The molecule has 2 N–H and O–H groups in total. The molecule has 0 bridgehead atoms. The molecule has 0 radical (unpaired) electrons. The van der Waals surface area contributed by atoms with Crippen LogP contribution in [0, 0.1) is 0 Å². The van der Waals surface area contributed by atoms with Gasteiger partial charge in [0, 0.05) is 26.2 Å². The smallest absolute Gasteiger partial charge is 0.242 e. The van der Waals surface area contributed by atoms with Crippen molar-refractivity contribution in [2.24, 2.45) is 5.73 Å². The molecule has 2 fully saturated rings. The molecule has 2 rings (SSSR count). The SMILES string of the molecule is CCS(=O)(=O)N(C)C1CCN(C(=O)C2(N)CCCC2)CC1.Cl. The fourth-order valence-corrected chi connectivity index (χ4v) is 4.47. The number of likely N-dealkylation sites (tertiary alicyclic amines) is 1. The third-order valence-corrected chi connectivity index (χ3v) is 6.90. The molecule has 0 atom stereocenters. The maximum Gasteiger partial charge on any atom is 0.242 e. The Kier molecular flexibility index (Phi) is 6.68. The van der Waals surface area contributed by atoms with Crippen molar-refractivity contribution in [3.8, 4) is 0 Å². The minimum absolute atomic E-state index is 0. The van der Waals surface area contributed by atoms with Crippen molar-refractivity contribution < 1.29 is 13.2 Å². The molecule has 0 spiro atoms. The van der Waals surface area contributed by atoms with Gasteiger partial charge in [-0.2, -0.15) is 0 Å². The summed E-state index contributed by atoms with van der Waals surface area (Å²) in [5, 5.41) is 0. The van der Waals surface area contributed by atoms with Gasteiger partial charge in [-0.1, -0.05) is 12.8 Å². The van der Waals surface area contributed by atoms with E-state index in [-0.39, 0.29) is 30.1 Å². The van der Waals surface area contributed by atoms with Crippen LogP contribution in [0.25, 0.3) is 0 Å². The molecule has 1 amide bonds. The average molecular weight is 354 g/mol. The largest absolute Gasteiger partial charge is 0.341 e. The Bertz CT molecular complexity index is 484. The fourth-order valence-electron chi connectivity index (χ4n) is 3.40. The van der Waals surface area contributed by atoms with Gasteiger partial charge in [0.05, 0.1) is 11.3 Å². The molecule has 22 heavy (non-hydrogen) atoms. The summed E-state index contributed by atoms with van der Waals surface area (Å²) in [6, 6.07) is -0.00342. The van der Waals surface area contributed by atoms with Crippen LogP contribution in [0.4, 0.5) is 0 Å². The molecular weight excluding hydrogens is 326 g/mol. The second kappa shape index (κ2) is 7.47. The first-order valence-corrected chi connectivity index (χ1v) is 9.45. The number of carbonyl (C=O) groups excluding carboxylic acids is 1. The Morgan fingerprint density at radius 3 is 2.23 bits per heavy atom. The van der Waals surface area contributed by atoms with Gasteiger partial charge in [0.1, 0.15) is 0 Å². The highest BCUT2D eigenvalue weighted by molar-refractivity contribution is 7.89. The maximum absolute atomic E-state index is 12.5. The molecule has 130 valence electrons. The molecular formula is C14H28ClN3O3S. The standard InChI is InChI=1S/C14H27N3O3S.ClH/c1-3-21(19,20)16(2)12-6-10-17(11-7-12)13(18)14(15)8-4-5-9-14;/h12H,3-11,15H2,1-2H3;1H. The minimum atomic E-state index is -3.16. The molecule has 1 aliphatic heterocycles. The van der Waals surface area contributed by atoms with Crippen LogP contribution in [0.5, 0.6) is 0 Å². The number of nitrogens with zero attached hydrogens (tertiary/aromatic N) is 2. The lowest BCUT2D eigenvalue weighted by Crippen LogP contribution is -2.57. The highest BCUT2D eigenvalue weighted by Gasteiger charge is 2.41. The fraction of sp³-hybridized carbons (Fsp3) is 0.929. The van der Waals surface area contributed by atoms with Gasteiger partial charge in [0.25, 0.3) is 0 Å². The van der Waals surface area contributed by atoms with Crippen LogP contribution in [0.3, 0.4) is 0 Å². The third-order valence-electron chi connectivity index (χ3n) is 4.99. The molecule has 1 saturated heterocycles. The van der Waals surface area contributed by atoms with Crippen LogP contribution in [0.2, 0.25) is 0 Å². The first-order valence-electron chi connectivity index (χ1n) is 7.84. The lowest BCUT2D eigenvalue weighted by Gasteiger charge is -2.39. The second-order valence-corrected chi connectivity index (χ2v) is 8.62. The van der Waals surface area contributed by atoms with Gasteiger partial charge in [-0.25, -0.2) is 12.7 Å². The summed E-state index contributed by atoms with van der Waals surface area (Å²) >= 11 is 0. The van der Waals surface area contributed by atoms with E-state index < -0.39 is 15.6 Å².